The quantitative estimate of drug-likeness (QED) is 0.370. The highest BCUT2D eigenvalue weighted by atomic mass is 79.9. The summed E-state index contributed by atoms with van der Waals surface area (Å²) >= 11 is 0. The molecule has 5 atom stereocenters. The summed E-state index contributed by atoms with van der Waals surface area (Å²) in [4.78, 5) is 13.3. The fourth-order valence-corrected chi connectivity index (χ4v) is 5.30. The monoisotopic (exact) mass is 459 g/mol. The number of fused-ring (bicyclic) bond motifs is 5. The normalized spacial score (nSPS) is 31.3. The number of carbonyl (C=O) groups excluding carboxylic acids is 1. The number of benzene rings is 2. The average molecular weight is 460 g/mol. The molecule has 154 valence electrons. The number of esters is 1. The van der Waals surface area contributed by atoms with Crippen molar-refractivity contribution in [1.29, 1.82) is 0 Å². The fourth-order valence-electron chi connectivity index (χ4n) is 5.30. The second kappa shape index (κ2) is 7.20. The molecular weight excluding hydrogens is 434 g/mol. The zero-order valence-electron chi connectivity index (χ0n) is 16.6. The van der Waals surface area contributed by atoms with Gasteiger partial charge in [0, 0.05) is 12.8 Å². The van der Waals surface area contributed by atoms with E-state index in [4.69, 9.17) is 9.47 Å². The van der Waals surface area contributed by atoms with Crippen molar-refractivity contribution in [3.05, 3.63) is 71.8 Å². The van der Waals surface area contributed by atoms with E-state index in [-0.39, 0.29) is 23.1 Å². The van der Waals surface area contributed by atoms with Crippen LogP contribution in [0.15, 0.2) is 60.7 Å². The summed E-state index contributed by atoms with van der Waals surface area (Å²) in [6, 6.07) is 18.8. The average Bonchev–Trinajstić information content (AvgIpc) is 3.47. The van der Waals surface area contributed by atoms with Crippen LogP contribution in [0.25, 0.3) is 0 Å². The van der Waals surface area contributed by atoms with Gasteiger partial charge in [-0.1, -0.05) is 60.7 Å². The zero-order chi connectivity index (χ0) is 19.5. The molecule has 0 saturated carbocycles. The maximum atomic E-state index is 13.3. The van der Waals surface area contributed by atoms with Gasteiger partial charge in [0.2, 0.25) is 5.60 Å². The van der Waals surface area contributed by atoms with Crippen LogP contribution in [0, 0.1) is 0 Å². The topological polar surface area (TPSA) is 59.1 Å². The summed E-state index contributed by atoms with van der Waals surface area (Å²) in [5, 5.41) is 11.6. The molecule has 3 fully saturated rings. The van der Waals surface area contributed by atoms with Crippen molar-refractivity contribution in [2.45, 2.75) is 48.8 Å². The Hall–Kier alpha value is -1.73. The van der Waals surface area contributed by atoms with Gasteiger partial charge in [0.1, 0.15) is 30.4 Å². The summed E-state index contributed by atoms with van der Waals surface area (Å²) in [7, 11) is 4.49. The fraction of sp³-hybridized carbons (Fsp3) is 0.435. The second-order valence-corrected chi connectivity index (χ2v) is 8.77. The minimum Gasteiger partial charge on any atom is -1.00 e. The van der Waals surface area contributed by atoms with Crippen LogP contribution in [0.1, 0.15) is 24.0 Å². The minimum absolute atomic E-state index is 0. The Labute approximate surface area is 181 Å². The Morgan fingerprint density at radius 2 is 1.41 bits per heavy atom. The van der Waals surface area contributed by atoms with E-state index in [1.165, 1.54) is 0 Å². The van der Waals surface area contributed by atoms with Crippen molar-refractivity contribution < 1.29 is 40.8 Å². The van der Waals surface area contributed by atoms with Gasteiger partial charge in [-0.15, -0.1) is 0 Å². The first kappa shape index (κ1) is 20.5. The van der Waals surface area contributed by atoms with Gasteiger partial charge < -0.3 is 36.0 Å². The highest BCUT2D eigenvalue weighted by Crippen LogP contribution is 2.51. The molecule has 2 bridgehead atoms. The van der Waals surface area contributed by atoms with Crippen molar-refractivity contribution in [3.63, 3.8) is 0 Å². The molecule has 3 aliphatic heterocycles. The van der Waals surface area contributed by atoms with Crippen LogP contribution in [-0.4, -0.2) is 60.0 Å². The third-order valence-corrected chi connectivity index (χ3v) is 6.99. The first-order valence-corrected chi connectivity index (χ1v) is 9.95. The predicted molar refractivity (Wildman–Crippen MR) is 103 cm³/mol. The molecule has 3 saturated heterocycles. The number of ether oxygens (including phenoxy) is 2. The Kier molecular flexibility index (Phi) is 5.10. The number of carbonyl (C=O) groups is 1. The van der Waals surface area contributed by atoms with E-state index in [2.05, 4.69) is 14.1 Å². The van der Waals surface area contributed by atoms with Crippen LogP contribution >= 0.6 is 0 Å². The first-order valence-electron chi connectivity index (χ1n) is 9.95. The largest absolute Gasteiger partial charge is 1.00 e. The van der Waals surface area contributed by atoms with E-state index in [9.17, 15) is 9.90 Å². The number of morpholine rings is 1. The van der Waals surface area contributed by atoms with E-state index in [0.29, 0.717) is 35.4 Å². The van der Waals surface area contributed by atoms with Gasteiger partial charge in [0.15, 0.2) is 0 Å². The molecule has 0 radical (unpaired) electrons. The Morgan fingerprint density at radius 1 is 0.966 bits per heavy atom. The maximum Gasteiger partial charge on any atom is 0.347 e. The van der Waals surface area contributed by atoms with E-state index in [0.717, 1.165) is 17.3 Å². The molecule has 5 nitrogen and oxygen atoms in total. The van der Waals surface area contributed by atoms with Gasteiger partial charge in [-0.2, -0.15) is 0 Å². The number of hydrogen-bond acceptors (Lipinski definition) is 4. The first-order chi connectivity index (χ1) is 13.4. The van der Waals surface area contributed by atoms with Crippen molar-refractivity contribution in [3.8, 4) is 0 Å². The van der Waals surface area contributed by atoms with Crippen LogP contribution in [0.2, 0.25) is 0 Å². The number of rotatable bonds is 4. The van der Waals surface area contributed by atoms with Crippen LogP contribution in [-0.2, 0) is 19.9 Å². The lowest BCUT2D eigenvalue weighted by Gasteiger charge is -2.45. The molecule has 3 heterocycles. The summed E-state index contributed by atoms with van der Waals surface area (Å²) in [6.07, 6.45) is 1.95. The number of halogens is 1. The molecule has 2 aromatic carbocycles. The number of epoxide rings is 1. The molecule has 0 aromatic heterocycles. The van der Waals surface area contributed by atoms with Gasteiger partial charge in [0.05, 0.1) is 14.1 Å². The third kappa shape index (κ3) is 3.13. The molecule has 1 unspecified atom stereocenters. The van der Waals surface area contributed by atoms with E-state index in [1.807, 2.05) is 36.4 Å². The van der Waals surface area contributed by atoms with Crippen LogP contribution in [0.3, 0.4) is 0 Å². The number of nitrogens with zero attached hydrogens (tertiary/aromatic N) is 1. The third-order valence-electron chi connectivity index (χ3n) is 6.99. The predicted octanol–water partition coefficient (Wildman–Crippen LogP) is -0.773. The van der Waals surface area contributed by atoms with Crippen LogP contribution in [0.5, 0.6) is 0 Å². The highest BCUT2D eigenvalue weighted by molar-refractivity contribution is 5.85. The smallest absolute Gasteiger partial charge is 0.347 e. The Balaban J connectivity index is 0.00000205. The summed E-state index contributed by atoms with van der Waals surface area (Å²) in [5.74, 6) is -0.601. The molecule has 3 aliphatic rings. The van der Waals surface area contributed by atoms with Gasteiger partial charge in [-0.05, 0) is 11.1 Å². The number of piperidine rings is 1. The SMILES string of the molecule is C[N+]1(C)[C@@H]2CC(OC(=O)C(O)(c3ccccc3)c3ccccc3)C[C@H]1[C@@H]1O[C@@H]12.[Br-]. The minimum atomic E-state index is -1.82. The van der Waals surface area contributed by atoms with Crippen LogP contribution in [0.4, 0.5) is 0 Å². The Bertz CT molecular complexity index is 829. The molecule has 1 N–H and O–H groups in total. The molecule has 5 rings (SSSR count). The standard InChI is InChI=1S/C23H26NO4.BrH/c1-24(2)18-13-17(14-19(24)21-20(18)28-21)27-22(25)23(26,15-9-5-3-6-10-15)16-11-7-4-8-12-16;/h3-12,17-21,26H,13-14H2,1-2H3;1H/q+1;/p-1/t17?,18-,19+,20-,21+;. The number of hydrogen-bond donors (Lipinski definition) is 1. The molecule has 0 spiro atoms. The Morgan fingerprint density at radius 3 is 1.86 bits per heavy atom. The maximum absolute atomic E-state index is 13.3. The van der Waals surface area contributed by atoms with Crippen molar-refractivity contribution in [2.24, 2.45) is 0 Å². The van der Waals surface area contributed by atoms with E-state index >= 15 is 0 Å². The molecule has 0 aliphatic carbocycles. The van der Waals surface area contributed by atoms with Crippen molar-refractivity contribution in [2.75, 3.05) is 14.1 Å². The van der Waals surface area contributed by atoms with Crippen molar-refractivity contribution in [1.82, 2.24) is 0 Å². The molecule has 29 heavy (non-hydrogen) atoms. The lowest BCUT2D eigenvalue weighted by Crippen LogP contribution is -3.00. The lowest BCUT2D eigenvalue weighted by molar-refractivity contribution is -0.938. The number of likely N-dealkylation sites (N-methyl/N-ethyl adjacent to an activating group) is 1. The van der Waals surface area contributed by atoms with Gasteiger partial charge in [-0.25, -0.2) is 4.79 Å². The number of aliphatic hydroxyl groups is 1. The molecular formula is C23H26BrNO4. The number of quaternary nitrogens is 1. The van der Waals surface area contributed by atoms with Gasteiger partial charge >= 0.3 is 5.97 Å². The summed E-state index contributed by atoms with van der Waals surface area (Å²) in [6.45, 7) is 0. The van der Waals surface area contributed by atoms with Crippen molar-refractivity contribution >= 4 is 5.97 Å². The van der Waals surface area contributed by atoms with Crippen LogP contribution < -0.4 is 17.0 Å². The van der Waals surface area contributed by atoms with E-state index in [1.54, 1.807) is 24.3 Å². The second-order valence-electron chi connectivity index (χ2n) is 8.77. The molecule has 6 heteroatoms. The molecule has 2 aromatic rings. The van der Waals surface area contributed by atoms with Gasteiger partial charge in [0.25, 0.3) is 0 Å². The zero-order valence-corrected chi connectivity index (χ0v) is 18.2. The van der Waals surface area contributed by atoms with E-state index < -0.39 is 11.6 Å². The molecule has 0 amide bonds. The lowest BCUT2D eigenvalue weighted by atomic mass is 9.86. The van der Waals surface area contributed by atoms with Gasteiger partial charge in [-0.3, -0.25) is 0 Å². The summed E-state index contributed by atoms with van der Waals surface area (Å²) in [5.41, 5.74) is -0.775. The summed E-state index contributed by atoms with van der Waals surface area (Å²) < 4.78 is 12.7. The highest BCUT2D eigenvalue weighted by Gasteiger charge is 2.70.